The maximum absolute atomic E-state index is 10.9. The predicted molar refractivity (Wildman–Crippen MR) is 56.9 cm³/mol. The maximum Gasteiger partial charge on any atom is 0.170 e. The van der Waals surface area contributed by atoms with Crippen molar-refractivity contribution in [3.8, 4) is 0 Å². The van der Waals surface area contributed by atoms with Gasteiger partial charge >= 0.3 is 0 Å². The highest BCUT2D eigenvalue weighted by atomic mass is 16.1. The third kappa shape index (κ3) is 0.912. The zero-order valence-electron chi connectivity index (χ0n) is 9.45. The molecular formula is C12H16N2O. The van der Waals surface area contributed by atoms with E-state index in [1.165, 1.54) is 17.7 Å². The van der Waals surface area contributed by atoms with Gasteiger partial charge in [0.1, 0.15) is 5.69 Å². The fourth-order valence-corrected chi connectivity index (χ4v) is 3.41. The number of nitrogens with zero attached hydrogens (tertiary/aromatic N) is 2. The lowest BCUT2D eigenvalue weighted by atomic mass is 9.48. The van der Waals surface area contributed by atoms with Crippen molar-refractivity contribution in [2.45, 2.75) is 32.6 Å². The number of hydrogen-bond acceptors (Lipinski definition) is 2. The van der Waals surface area contributed by atoms with Crippen molar-refractivity contribution in [3.05, 3.63) is 17.0 Å². The Morgan fingerprint density at radius 2 is 2.27 bits per heavy atom. The van der Waals surface area contributed by atoms with Gasteiger partial charge in [-0.05, 0) is 24.2 Å². The van der Waals surface area contributed by atoms with Crippen molar-refractivity contribution in [2.24, 2.45) is 18.4 Å². The molecule has 0 aromatic carbocycles. The van der Waals surface area contributed by atoms with Crippen LogP contribution >= 0.6 is 0 Å². The average molecular weight is 204 g/mol. The molecule has 4 rings (SSSR count). The van der Waals surface area contributed by atoms with E-state index < -0.39 is 0 Å². The molecule has 0 radical (unpaired) electrons. The van der Waals surface area contributed by atoms with Crippen molar-refractivity contribution in [1.82, 2.24) is 9.78 Å². The number of aldehydes is 1. The summed E-state index contributed by atoms with van der Waals surface area (Å²) in [6.07, 6.45) is 3.22. The highest BCUT2D eigenvalue weighted by molar-refractivity contribution is 5.75. The summed E-state index contributed by atoms with van der Waals surface area (Å²) in [4.78, 5) is 10.9. The van der Waals surface area contributed by atoms with Crippen LogP contribution in [0.15, 0.2) is 0 Å². The summed E-state index contributed by atoms with van der Waals surface area (Å²) in [7, 11) is 1.96. The number of hydrogen-bond donors (Lipinski definition) is 0. The summed E-state index contributed by atoms with van der Waals surface area (Å²) >= 11 is 0. The summed E-state index contributed by atoms with van der Waals surface area (Å²) in [5.74, 6) is 1.36. The molecule has 0 aliphatic heterocycles. The van der Waals surface area contributed by atoms with Crippen molar-refractivity contribution < 1.29 is 4.79 Å². The van der Waals surface area contributed by atoms with E-state index in [9.17, 15) is 4.79 Å². The van der Waals surface area contributed by atoms with Crippen LogP contribution in [0.1, 0.15) is 47.9 Å². The predicted octanol–water partition coefficient (Wildman–Crippen LogP) is 1.92. The Kier molecular flexibility index (Phi) is 1.53. The lowest BCUT2D eigenvalue weighted by Crippen LogP contribution is -2.48. The molecule has 3 aliphatic carbocycles. The fourth-order valence-electron chi connectivity index (χ4n) is 3.41. The Morgan fingerprint density at radius 3 is 2.87 bits per heavy atom. The van der Waals surface area contributed by atoms with E-state index in [0.717, 1.165) is 18.6 Å². The van der Waals surface area contributed by atoms with Crippen LogP contribution < -0.4 is 0 Å². The van der Waals surface area contributed by atoms with Gasteiger partial charge in [-0.2, -0.15) is 5.10 Å². The van der Waals surface area contributed by atoms with Crippen LogP contribution in [0.3, 0.4) is 0 Å². The SMILES string of the molecule is Cn1nc(C=O)c2c1C1CC(C2)C1(C)C. The van der Waals surface area contributed by atoms with E-state index in [1.54, 1.807) is 0 Å². The van der Waals surface area contributed by atoms with Gasteiger partial charge in [-0.3, -0.25) is 9.48 Å². The van der Waals surface area contributed by atoms with Crippen LogP contribution in [-0.4, -0.2) is 16.1 Å². The highest BCUT2D eigenvalue weighted by Gasteiger charge is 2.54. The average Bonchev–Trinajstić information content (AvgIpc) is 2.55. The van der Waals surface area contributed by atoms with Crippen molar-refractivity contribution in [1.29, 1.82) is 0 Å². The lowest BCUT2D eigenvalue weighted by molar-refractivity contribution is 0.0138. The first-order valence-electron chi connectivity index (χ1n) is 5.56. The van der Waals surface area contributed by atoms with Gasteiger partial charge in [0.25, 0.3) is 0 Å². The molecule has 1 saturated carbocycles. The van der Waals surface area contributed by atoms with Crippen LogP contribution in [0, 0.1) is 11.3 Å². The Hall–Kier alpha value is -1.12. The van der Waals surface area contributed by atoms with Gasteiger partial charge in [0.15, 0.2) is 6.29 Å². The molecular weight excluding hydrogens is 188 g/mol. The van der Waals surface area contributed by atoms with Gasteiger partial charge in [0.05, 0.1) is 0 Å². The van der Waals surface area contributed by atoms with Gasteiger partial charge in [-0.25, -0.2) is 0 Å². The highest BCUT2D eigenvalue weighted by Crippen LogP contribution is 2.62. The van der Waals surface area contributed by atoms with Crippen LogP contribution in [-0.2, 0) is 13.5 Å². The Morgan fingerprint density at radius 1 is 1.53 bits per heavy atom. The van der Waals surface area contributed by atoms with Crippen LogP contribution in [0.25, 0.3) is 0 Å². The number of carbonyl (C=O) groups excluding carboxylic acids is 1. The Balaban J connectivity index is 2.18. The first kappa shape index (κ1) is 9.13. The van der Waals surface area contributed by atoms with Crippen molar-refractivity contribution >= 4 is 6.29 Å². The number of rotatable bonds is 1. The molecule has 1 fully saturated rings. The second-order valence-electron chi connectivity index (χ2n) is 5.50. The van der Waals surface area contributed by atoms with Crippen molar-refractivity contribution in [3.63, 3.8) is 0 Å². The summed E-state index contributed by atoms with van der Waals surface area (Å²) in [6, 6.07) is 0. The molecule has 0 N–H and O–H groups in total. The summed E-state index contributed by atoms with van der Waals surface area (Å²) in [6.45, 7) is 4.67. The molecule has 80 valence electrons. The molecule has 0 saturated heterocycles. The first-order chi connectivity index (χ1) is 7.05. The van der Waals surface area contributed by atoms with Gasteiger partial charge in [0.2, 0.25) is 0 Å². The van der Waals surface area contributed by atoms with Crippen LogP contribution in [0.4, 0.5) is 0 Å². The van der Waals surface area contributed by atoms with Crippen LogP contribution in [0.2, 0.25) is 0 Å². The molecule has 2 atom stereocenters. The van der Waals surface area contributed by atoms with Gasteiger partial charge < -0.3 is 0 Å². The van der Waals surface area contributed by atoms with Gasteiger partial charge in [0, 0.05) is 24.2 Å². The van der Waals surface area contributed by atoms with Gasteiger partial charge in [-0.1, -0.05) is 13.8 Å². The van der Waals surface area contributed by atoms with Gasteiger partial charge in [-0.15, -0.1) is 0 Å². The third-order valence-electron chi connectivity index (χ3n) is 4.59. The Labute approximate surface area is 89.5 Å². The molecule has 3 heteroatoms. The topological polar surface area (TPSA) is 34.9 Å². The second kappa shape index (κ2) is 2.52. The minimum atomic E-state index is 0.404. The molecule has 2 unspecified atom stereocenters. The number of carbonyl (C=O) groups is 1. The molecule has 1 aromatic heterocycles. The van der Waals surface area contributed by atoms with Crippen LogP contribution in [0.5, 0.6) is 0 Å². The molecule has 3 nitrogen and oxygen atoms in total. The van der Waals surface area contributed by atoms with E-state index >= 15 is 0 Å². The quantitative estimate of drug-likeness (QED) is 0.655. The summed E-state index contributed by atoms with van der Waals surface area (Å²) in [5.41, 5.74) is 3.59. The number of aryl methyl sites for hydroxylation is 1. The van der Waals surface area contributed by atoms with Crippen molar-refractivity contribution in [2.75, 3.05) is 0 Å². The minimum absolute atomic E-state index is 0.404. The smallest absolute Gasteiger partial charge is 0.170 e. The van der Waals surface area contributed by atoms with E-state index in [1.807, 2.05) is 11.7 Å². The maximum atomic E-state index is 10.9. The third-order valence-corrected chi connectivity index (χ3v) is 4.59. The fraction of sp³-hybridized carbons (Fsp3) is 0.667. The van der Waals surface area contributed by atoms with E-state index in [-0.39, 0.29) is 0 Å². The first-order valence-corrected chi connectivity index (χ1v) is 5.56. The molecule has 3 aliphatic rings. The molecule has 2 bridgehead atoms. The molecule has 0 spiro atoms. The molecule has 0 amide bonds. The summed E-state index contributed by atoms with van der Waals surface area (Å²) in [5, 5.41) is 4.30. The Bertz CT molecular complexity index is 445. The molecule has 15 heavy (non-hydrogen) atoms. The minimum Gasteiger partial charge on any atom is -0.296 e. The second-order valence-corrected chi connectivity index (χ2v) is 5.50. The van der Waals surface area contributed by atoms with E-state index in [0.29, 0.717) is 17.0 Å². The molecule has 1 heterocycles. The zero-order chi connectivity index (χ0) is 10.8. The zero-order valence-corrected chi connectivity index (χ0v) is 9.45. The molecule has 1 aromatic rings. The van der Waals surface area contributed by atoms with E-state index in [4.69, 9.17) is 0 Å². The lowest BCUT2D eigenvalue weighted by Gasteiger charge is -2.56. The van der Waals surface area contributed by atoms with E-state index in [2.05, 4.69) is 18.9 Å². The largest absolute Gasteiger partial charge is 0.296 e. The standard InChI is InChI=1S/C12H16N2O/c1-12(2)7-4-8-10(6-15)13-14(3)11(8)9(12)5-7/h6-7,9H,4-5H2,1-3H3. The monoisotopic (exact) mass is 204 g/mol. The number of aromatic nitrogens is 2. The normalized spacial score (nSPS) is 30.6. The summed E-state index contributed by atoms with van der Waals surface area (Å²) < 4.78 is 1.92.